The van der Waals surface area contributed by atoms with Crippen LogP contribution in [0.1, 0.15) is 28.4 Å². The van der Waals surface area contributed by atoms with E-state index in [0.29, 0.717) is 16.7 Å². The highest BCUT2D eigenvalue weighted by Crippen LogP contribution is 2.13. The highest BCUT2D eigenvalue weighted by Gasteiger charge is 2.14. The van der Waals surface area contributed by atoms with Gasteiger partial charge in [-0.3, -0.25) is 19.4 Å². The molecule has 3 aromatic rings. The van der Waals surface area contributed by atoms with Crippen molar-refractivity contribution in [3.05, 3.63) is 88.1 Å². The van der Waals surface area contributed by atoms with Gasteiger partial charge in [0, 0.05) is 29.7 Å². The van der Waals surface area contributed by atoms with Gasteiger partial charge in [0.25, 0.3) is 5.56 Å². The van der Waals surface area contributed by atoms with Gasteiger partial charge < -0.3 is 15.2 Å². The molecule has 154 valence electrons. The van der Waals surface area contributed by atoms with Crippen molar-refractivity contribution < 1.29 is 14.0 Å². The van der Waals surface area contributed by atoms with E-state index in [1.165, 1.54) is 43.0 Å². The van der Waals surface area contributed by atoms with Crippen molar-refractivity contribution in [1.82, 2.24) is 19.9 Å². The van der Waals surface area contributed by atoms with Gasteiger partial charge in [0.15, 0.2) is 5.78 Å². The number of ketones is 1. The molecule has 30 heavy (non-hydrogen) atoms. The number of nitrogens with one attached hydrogen (secondary N) is 2. The van der Waals surface area contributed by atoms with E-state index in [-0.39, 0.29) is 23.9 Å². The number of carbonyl (C=O) groups excluding carboxylic acids is 2. The molecule has 1 aromatic carbocycles. The van der Waals surface area contributed by atoms with E-state index in [1.807, 2.05) is 0 Å². The largest absolute Gasteiger partial charge is 0.332 e. The van der Waals surface area contributed by atoms with Crippen LogP contribution in [0.25, 0.3) is 0 Å². The first-order valence-corrected chi connectivity index (χ1v) is 9.16. The molecular formula is C21H20FN5O3. The Morgan fingerprint density at radius 2 is 1.90 bits per heavy atom. The van der Waals surface area contributed by atoms with Crippen molar-refractivity contribution in [2.24, 2.45) is 0 Å². The molecule has 9 heteroatoms. The number of halogens is 1. The number of benzene rings is 1. The van der Waals surface area contributed by atoms with Gasteiger partial charge in [-0.05, 0) is 49.9 Å². The Morgan fingerprint density at radius 1 is 1.17 bits per heavy atom. The summed E-state index contributed by atoms with van der Waals surface area (Å²) in [6.45, 7) is 1.94. The zero-order chi connectivity index (χ0) is 21.7. The minimum Gasteiger partial charge on any atom is -0.332 e. The van der Waals surface area contributed by atoms with E-state index in [4.69, 9.17) is 0 Å². The summed E-state index contributed by atoms with van der Waals surface area (Å²) in [5, 5.41) is 5.33. The second-order valence-electron chi connectivity index (χ2n) is 6.68. The van der Waals surface area contributed by atoms with Crippen LogP contribution in [-0.2, 0) is 11.3 Å². The molecule has 0 aliphatic heterocycles. The summed E-state index contributed by atoms with van der Waals surface area (Å²) in [6.07, 6.45) is 5.84. The third-order valence-corrected chi connectivity index (χ3v) is 4.46. The Kier molecular flexibility index (Phi) is 6.43. The van der Waals surface area contributed by atoms with Gasteiger partial charge >= 0.3 is 0 Å². The zero-order valence-electron chi connectivity index (χ0n) is 16.4. The fraction of sp³-hybridized carbons (Fsp3) is 0.190. The molecule has 2 aromatic heterocycles. The third kappa shape index (κ3) is 5.00. The second kappa shape index (κ2) is 9.19. The molecule has 2 heterocycles. The van der Waals surface area contributed by atoms with E-state index in [1.54, 1.807) is 30.8 Å². The normalized spacial score (nSPS) is 11.7. The zero-order valence-corrected chi connectivity index (χ0v) is 16.4. The Hall–Kier alpha value is -3.72. The maximum atomic E-state index is 13.1. The van der Waals surface area contributed by atoms with Gasteiger partial charge in [0.1, 0.15) is 11.5 Å². The Morgan fingerprint density at radius 3 is 2.60 bits per heavy atom. The molecule has 1 atom stereocenters. The molecule has 0 saturated heterocycles. The maximum Gasteiger partial charge on any atom is 0.296 e. The molecule has 1 amide bonds. The maximum absolute atomic E-state index is 13.1. The topological polar surface area (TPSA) is 106 Å². The van der Waals surface area contributed by atoms with Gasteiger partial charge in [0.2, 0.25) is 5.91 Å². The number of hydrogen-bond acceptors (Lipinski definition) is 6. The van der Waals surface area contributed by atoms with Gasteiger partial charge in [-0.1, -0.05) is 0 Å². The van der Waals surface area contributed by atoms with E-state index >= 15 is 0 Å². The standard InChI is InChI=1S/C21H20FN5O3/c1-13(23-2)20(29)26-18-11-27(12-25-21(18)30)10-14-7-16(9-24-8-14)19(28)15-3-5-17(22)6-4-15/h3-9,11-13,23H,10H2,1-2H3,(H,26,29)/t13-/m0/s1. The van der Waals surface area contributed by atoms with Crippen LogP contribution in [0.4, 0.5) is 10.1 Å². The summed E-state index contributed by atoms with van der Waals surface area (Å²) < 4.78 is 14.7. The predicted octanol–water partition coefficient (Wildman–Crippen LogP) is 1.60. The SMILES string of the molecule is CN[C@@H](C)C(=O)Nc1cn(Cc2cncc(C(=O)c3ccc(F)cc3)c2)cnc1=O. The monoisotopic (exact) mass is 409 g/mol. The van der Waals surface area contributed by atoms with Crippen LogP contribution in [0.5, 0.6) is 0 Å². The lowest BCUT2D eigenvalue weighted by Gasteiger charge is -2.12. The minimum atomic E-state index is -0.554. The first-order valence-electron chi connectivity index (χ1n) is 9.16. The molecule has 0 aliphatic carbocycles. The molecule has 0 radical (unpaired) electrons. The van der Waals surface area contributed by atoms with Gasteiger partial charge in [-0.2, -0.15) is 4.98 Å². The number of pyridine rings is 1. The average Bonchev–Trinajstić information content (AvgIpc) is 2.75. The molecule has 8 nitrogen and oxygen atoms in total. The lowest BCUT2D eigenvalue weighted by molar-refractivity contribution is -0.117. The van der Waals surface area contributed by atoms with Crippen LogP contribution >= 0.6 is 0 Å². The van der Waals surface area contributed by atoms with Crippen LogP contribution in [0.15, 0.2) is 60.0 Å². The van der Waals surface area contributed by atoms with E-state index < -0.39 is 17.4 Å². The number of aromatic nitrogens is 3. The molecule has 3 rings (SSSR count). The van der Waals surface area contributed by atoms with Crippen LogP contribution in [0, 0.1) is 5.82 Å². The van der Waals surface area contributed by atoms with Gasteiger partial charge in [0.05, 0.1) is 18.9 Å². The molecule has 0 spiro atoms. The van der Waals surface area contributed by atoms with Crippen molar-refractivity contribution in [2.45, 2.75) is 19.5 Å². The fourth-order valence-corrected chi connectivity index (χ4v) is 2.67. The minimum absolute atomic E-state index is 0.0519. The molecule has 0 bridgehead atoms. The highest BCUT2D eigenvalue weighted by molar-refractivity contribution is 6.08. The Labute approximate surface area is 171 Å². The lowest BCUT2D eigenvalue weighted by atomic mass is 10.0. The molecule has 0 aliphatic rings. The summed E-state index contributed by atoms with van der Waals surface area (Å²) in [6, 6.07) is 6.46. The highest BCUT2D eigenvalue weighted by atomic mass is 19.1. The average molecular weight is 409 g/mol. The van der Waals surface area contributed by atoms with Crippen molar-refractivity contribution in [1.29, 1.82) is 0 Å². The summed E-state index contributed by atoms with van der Waals surface area (Å²) in [5.74, 6) is -1.06. The van der Waals surface area contributed by atoms with Crippen molar-refractivity contribution in [3.8, 4) is 0 Å². The van der Waals surface area contributed by atoms with E-state index in [2.05, 4.69) is 20.6 Å². The number of nitrogens with zero attached hydrogens (tertiary/aromatic N) is 3. The summed E-state index contributed by atoms with van der Waals surface area (Å²) >= 11 is 0. The van der Waals surface area contributed by atoms with Crippen LogP contribution < -0.4 is 16.2 Å². The number of carbonyl (C=O) groups is 2. The van der Waals surface area contributed by atoms with E-state index in [0.717, 1.165) is 0 Å². The number of hydrogen-bond donors (Lipinski definition) is 2. The molecular weight excluding hydrogens is 389 g/mol. The first kappa shape index (κ1) is 21.0. The molecule has 0 fully saturated rings. The van der Waals surface area contributed by atoms with Crippen molar-refractivity contribution >= 4 is 17.4 Å². The van der Waals surface area contributed by atoms with Gasteiger partial charge in [-0.15, -0.1) is 0 Å². The number of rotatable bonds is 7. The number of anilines is 1. The molecule has 0 unspecified atom stereocenters. The van der Waals surface area contributed by atoms with Crippen LogP contribution in [0.3, 0.4) is 0 Å². The number of likely N-dealkylation sites (N-methyl/N-ethyl adjacent to an activating group) is 1. The second-order valence-corrected chi connectivity index (χ2v) is 6.68. The Balaban J connectivity index is 1.80. The lowest BCUT2D eigenvalue weighted by Crippen LogP contribution is -2.37. The third-order valence-electron chi connectivity index (χ3n) is 4.46. The summed E-state index contributed by atoms with van der Waals surface area (Å²) in [5.41, 5.74) is 0.889. The predicted molar refractivity (Wildman–Crippen MR) is 109 cm³/mol. The van der Waals surface area contributed by atoms with Gasteiger partial charge in [-0.25, -0.2) is 4.39 Å². The van der Waals surface area contributed by atoms with Crippen LogP contribution in [0.2, 0.25) is 0 Å². The smallest absolute Gasteiger partial charge is 0.296 e. The molecule has 0 saturated carbocycles. The summed E-state index contributed by atoms with van der Waals surface area (Å²) in [7, 11) is 1.64. The quantitative estimate of drug-likeness (QED) is 0.574. The summed E-state index contributed by atoms with van der Waals surface area (Å²) in [4.78, 5) is 44.4. The molecule has 2 N–H and O–H groups in total. The first-order chi connectivity index (χ1) is 14.4. The van der Waals surface area contributed by atoms with E-state index in [9.17, 15) is 18.8 Å². The van der Waals surface area contributed by atoms with Crippen molar-refractivity contribution in [2.75, 3.05) is 12.4 Å². The fourth-order valence-electron chi connectivity index (χ4n) is 2.67. The Bertz CT molecular complexity index is 1130. The van der Waals surface area contributed by atoms with Crippen molar-refractivity contribution in [3.63, 3.8) is 0 Å². The number of amides is 1. The van der Waals surface area contributed by atoms with Crippen LogP contribution in [-0.4, -0.2) is 39.3 Å².